The third kappa shape index (κ3) is 3.01. The van der Waals surface area contributed by atoms with Gasteiger partial charge in [0.15, 0.2) is 5.69 Å². The van der Waals surface area contributed by atoms with Gasteiger partial charge in [-0.15, -0.1) is 0 Å². The van der Waals surface area contributed by atoms with Crippen molar-refractivity contribution in [1.82, 2.24) is 10.2 Å². The van der Waals surface area contributed by atoms with E-state index in [1.54, 1.807) is 0 Å². The predicted octanol–water partition coefficient (Wildman–Crippen LogP) is 0.727. The molecule has 1 rings (SSSR count). The summed E-state index contributed by atoms with van der Waals surface area (Å²) in [5.74, 6) is -0.505. The van der Waals surface area contributed by atoms with Gasteiger partial charge < -0.3 is 4.74 Å². The van der Waals surface area contributed by atoms with E-state index in [1.165, 1.54) is 12.1 Å². The van der Waals surface area contributed by atoms with Gasteiger partial charge in [-0.05, 0) is 12.5 Å². The number of hydrogen-bond acceptors (Lipinski definition) is 4. The number of aromatic nitrogens is 2. The molecule has 1 aromatic heterocycles. The van der Waals surface area contributed by atoms with Crippen molar-refractivity contribution in [2.24, 2.45) is 0 Å². The van der Waals surface area contributed by atoms with Crippen molar-refractivity contribution in [2.45, 2.75) is 19.8 Å². The van der Waals surface area contributed by atoms with Gasteiger partial charge in [0.05, 0.1) is 6.61 Å². The molecular weight excluding hydrogens is 184 g/mol. The van der Waals surface area contributed by atoms with Crippen LogP contribution in [0.15, 0.2) is 16.9 Å². The fraction of sp³-hybridized carbons (Fsp3) is 0.444. The van der Waals surface area contributed by atoms with E-state index >= 15 is 0 Å². The molecule has 76 valence electrons. The minimum Gasteiger partial charge on any atom is -0.461 e. The number of aromatic amines is 1. The van der Waals surface area contributed by atoms with Crippen LogP contribution >= 0.6 is 0 Å². The minimum atomic E-state index is -0.505. The summed E-state index contributed by atoms with van der Waals surface area (Å²) in [5.41, 5.74) is -0.212. The Bertz CT molecular complexity index is 339. The van der Waals surface area contributed by atoms with E-state index in [2.05, 4.69) is 10.2 Å². The summed E-state index contributed by atoms with van der Waals surface area (Å²) in [6.07, 6.45) is 1.79. The summed E-state index contributed by atoms with van der Waals surface area (Å²) >= 11 is 0. The summed E-state index contributed by atoms with van der Waals surface area (Å²) in [6, 6.07) is 2.58. The van der Waals surface area contributed by atoms with E-state index < -0.39 is 5.97 Å². The number of esters is 1. The van der Waals surface area contributed by atoms with Crippen molar-refractivity contribution in [3.8, 4) is 0 Å². The SMILES string of the molecule is CCCCOC(=O)c1ccc(=O)[nH]n1. The first-order valence-corrected chi connectivity index (χ1v) is 4.47. The Morgan fingerprint density at radius 2 is 2.36 bits per heavy atom. The zero-order valence-electron chi connectivity index (χ0n) is 7.95. The van der Waals surface area contributed by atoms with Gasteiger partial charge in [0.25, 0.3) is 5.56 Å². The van der Waals surface area contributed by atoms with E-state index in [0.717, 1.165) is 12.8 Å². The minimum absolute atomic E-state index is 0.126. The van der Waals surface area contributed by atoms with Crippen LogP contribution in [0.5, 0.6) is 0 Å². The van der Waals surface area contributed by atoms with Crippen molar-refractivity contribution in [2.75, 3.05) is 6.61 Å². The van der Waals surface area contributed by atoms with E-state index in [0.29, 0.717) is 6.61 Å². The summed E-state index contributed by atoms with van der Waals surface area (Å²) in [5, 5.41) is 5.71. The maximum atomic E-state index is 11.2. The average Bonchev–Trinajstić information content (AvgIpc) is 2.19. The fourth-order valence-electron chi connectivity index (χ4n) is 0.841. The van der Waals surface area contributed by atoms with E-state index in [4.69, 9.17) is 4.74 Å². The topological polar surface area (TPSA) is 72.1 Å². The number of ether oxygens (including phenoxy) is 1. The number of carbonyl (C=O) groups is 1. The number of unbranched alkanes of at least 4 members (excludes halogenated alkanes) is 1. The van der Waals surface area contributed by atoms with Gasteiger partial charge in [-0.2, -0.15) is 5.10 Å². The predicted molar refractivity (Wildman–Crippen MR) is 50.0 cm³/mol. The molecule has 0 bridgehead atoms. The maximum Gasteiger partial charge on any atom is 0.358 e. The van der Waals surface area contributed by atoms with Crippen molar-refractivity contribution >= 4 is 5.97 Å². The van der Waals surface area contributed by atoms with Crippen LogP contribution in [0.2, 0.25) is 0 Å². The summed E-state index contributed by atoms with van der Waals surface area (Å²) in [7, 11) is 0. The molecule has 0 spiro atoms. The van der Waals surface area contributed by atoms with Crippen LogP contribution < -0.4 is 5.56 Å². The molecular formula is C9H12N2O3. The largest absolute Gasteiger partial charge is 0.461 e. The lowest BCUT2D eigenvalue weighted by atomic mass is 10.3. The van der Waals surface area contributed by atoms with E-state index in [1.807, 2.05) is 6.92 Å². The van der Waals surface area contributed by atoms with Crippen molar-refractivity contribution < 1.29 is 9.53 Å². The van der Waals surface area contributed by atoms with Crippen LogP contribution in [0.25, 0.3) is 0 Å². The second-order valence-corrected chi connectivity index (χ2v) is 2.80. The normalized spacial score (nSPS) is 9.79. The highest BCUT2D eigenvalue weighted by Gasteiger charge is 2.07. The summed E-state index contributed by atoms with van der Waals surface area (Å²) in [6.45, 7) is 2.39. The lowest BCUT2D eigenvalue weighted by Gasteiger charge is -2.01. The Morgan fingerprint density at radius 1 is 1.57 bits per heavy atom. The van der Waals surface area contributed by atoms with Gasteiger partial charge >= 0.3 is 5.97 Å². The zero-order chi connectivity index (χ0) is 10.4. The van der Waals surface area contributed by atoms with Gasteiger partial charge in [-0.1, -0.05) is 13.3 Å². The summed E-state index contributed by atoms with van der Waals surface area (Å²) in [4.78, 5) is 21.9. The van der Waals surface area contributed by atoms with Crippen LogP contribution in [0.4, 0.5) is 0 Å². The van der Waals surface area contributed by atoms with Gasteiger partial charge in [0.2, 0.25) is 0 Å². The van der Waals surface area contributed by atoms with Crippen LogP contribution in [-0.4, -0.2) is 22.8 Å². The van der Waals surface area contributed by atoms with Gasteiger partial charge in [0.1, 0.15) is 0 Å². The Labute approximate surface area is 81.1 Å². The Kier molecular flexibility index (Phi) is 3.84. The second kappa shape index (κ2) is 5.16. The van der Waals surface area contributed by atoms with Gasteiger partial charge in [-0.3, -0.25) is 4.79 Å². The average molecular weight is 196 g/mol. The van der Waals surface area contributed by atoms with Crippen LogP contribution in [0.1, 0.15) is 30.3 Å². The number of hydrogen-bond donors (Lipinski definition) is 1. The molecule has 0 unspecified atom stereocenters. The van der Waals surface area contributed by atoms with Crippen LogP contribution in [0.3, 0.4) is 0 Å². The second-order valence-electron chi connectivity index (χ2n) is 2.80. The molecule has 0 aromatic carbocycles. The van der Waals surface area contributed by atoms with Crippen molar-refractivity contribution in [3.05, 3.63) is 28.2 Å². The highest BCUT2D eigenvalue weighted by Crippen LogP contribution is 1.95. The molecule has 5 nitrogen and oxygen atoms in total. The van der Waals surface area contributed by atoms with E-state index in [9.17, 15) is 9.59 Å². The van der Waals surface area contributed by atoms with Crippen LogP contribution in [0, 0.1) is 0 Å². The Hall–Kier alpha value is -1.65. The molecule has 1 heterocycles. The summed E-state index contributed by atoms with van der Waals surface area (Å²) < 4.78 is 4.88. The quantitative estimate of drug-likeness (QED) is 0.569. The third-order valence-corrected chi connectivity index (χ3v) is 1.62. The molecule has 0 aliphatic rings. The molecule has 0 aliphatic heterocycles. The van der Waals surface area contributed by atoms with Gasteiger partial charge in [-0.25, -0.2) is 9.89 Å². The maximum absolute atomic E-state index is 11.2. The van der Waals surface area contributed by atoms with E-state index in [-0.39, 0.29) is 11.3 Å². The number of carbonyl (C=O) groups excluding carboxylic acids is 1. The first-order valence-electron chi connectivity index (χ1n) is 4.47. The molecule has 0 fully saturated rings. The molecule has 1 aromatic rings. The van der Waals surface area contributed by atoms with Crippen LogP contribution in [-0.2, 0) is 4.74 Å². The molecule has 0 saturated carbocycles. The molecule has 5 heteroatoms. The molecule has 1 N–H and O–H groups in total. The fourth-order valence-corrected chi connectivity index (χ4v) is 0.841. The first kappa shape index (κ1) is 10.4. The molecule has 0 aliphatic carbocycles. The molecule has 0 saturated heterocycles. The lowest BCUT2D eigenvalue weighted by Crippen LogP contribution is -2.13. The number of nitrogens with one attached hydrogen (secondary N) is 1. The highest BCUT2D eigenvalue weighted by molar-refractivity contribution is 5.86. The number of rotatable bonds is 4. The van der Waals surface area contributed by atoms with Crippen molar-refractivity contribution in [3.63, 3.8) is 0 Å². The monoisotopic (exact) mass is 196 g/mol. The third-order valence-electron chi connectivity index (χ3n) is 1.62. The van der Waals surface area contributed by atoms with Crippen molar-refractivity contribution in [1.29, 1.82) is 0 Å². The molecule has 14 heavy (non-hydrogen) atoms. The standard InChI is InChI=1S/C9H12N2O3/c1-2-3-6-14-9(13)7-4-5-8(12)11-10-7/h4-5H,2-3,6H2,1H3,(H,11,12). The molecule has 0 atom stereocenters. The Balaban J connectivity index is 2.52. The smallest absolute Gasteiger partial charge is 0.358 e. The number of nitrogens with zero attached hydrogens (tertiary/aromatic N) is 1. The molecule has 0 amide bonds. The highest BCUT2D eigenvalue weighted by atomic mass is 16.5. The Morgan fingerprint density at radius 3 is 2.93 bits per heavy atom. The molecule has 0 radical (unpaired) electrons. The first-order chi connectivity index (χ1) is 6.74. The lowest BCUT2D eigenvalue weighted by molar-refractivity contribution is 0.0491. The van der Waals surface area contributed by atoms with Gasteiger partial charge in [0, 0.05) is 6.07 Å². The zero-order valence-corrected chi connectivity index (χ0v) is 7.95. The number of H-pyrrole nitrogens is 1.